The van der Waals surface area contributed by atoms with Gasteiger partial charge < -0.3 is 5.11 Å². The van der Waals surface area contributed by atoms with Crippen molar-refractivity contribution in [2.45, 2.75) is 20.3 Å². The van der Waals surface area contributed by atoms with Crippen molar-refractivity contribution in [2.24, 2.45) is 0 Å². The smallest absolute Gasteiger partial charge is 0.131 e. The molecule has 0 aliphatic heterocycles. The SMILES string of the molecule is C=C(CC)c1c(F)ccc2cc(O)cc(C)c12. The van der Waals surface area contributed by atoms with Gasteiger partial charge in [0.2, 0.25) is 0 Å². The Kier molecular flexibility index (Phi) is 2.88. The lowest BCUT2D eigenvalue weighted by Crippen LogP contribution is -1.93. The molecule has 0 saturated heterocycles. The Labute approximate surface area is 100 Å². The second-order valence-corrected chi connectivity index (χ2v) is 4.24. The van der Waals surface area contributed by atoms with Crippen LogP contribution in [0, 0.1) is 12.7 Å². The Hall–Kier alpha value is -1.83. The number of rotatable bonds is 2. The van der Waals surface area contributed by atoms with E-state index in [0.29, 0.717) is 12.0 Å². The molecule has 0 amide bonds. The van der Waals surface area contributed by atoms with Crippen molar-refractivity contribution in [2.75, 3.05) is 0 Å². The first-order valence-electron chi connectivity index (χ1n) is 5.64. The van der Waals surface area contributed by atoms with E-state index in [-0.39, 0.29) is 11.6 Å². The lowest BCUT2D eigenvalue weighted by molar-refractivity contribution is 0.476. The van der Waals surface area contributed by atoms with Crippen molar-refractivity contribution in [3.05, 3.63) is 47.8 Å². The van der Waals surface area contributed by atoms with Gasteiger partial charge in [0.15, 0.2) is 0 Å². The van der Waals surface area contributed by atoms with Crippen molar-refractivity contribution in [1.82, 2.24) is 0 Å². The molecule has 2 aromatic rings. The maximum atomic E-state index is 13.9. The van der Waals surface area contributed by atoms with E-state index in [0.717, 1.165) is 21.9 Å². The summed E-state index contributed by atoms with van der Waals surface area (Å²) in [6.07, 6.45) is 0.705. The van der Waals surface area contributed by atoms with Gasteiger partial charge >= 0.3 is 0 Å². The first-order chi connectivity index (χ1) is 8.04. The van der Waals surface area contributed by atoms with Crippen molar-refractivity contribution < 1.29 is 9.50 Å². The molecular formula is C15H15FO. The molecule has 2 heteroatoms. The van der Waals surface area contributed by atoms with E-state index in [9.17, 15) is 9.50 Å². The van der Waals surface area contributed by atoms with Gasteiger partial charge in [0.25, 0.3) is 0 Å². The molecule has 17 heavy (non-hydrogen) atoms. The molecule has 1 N–H and O–H groups in total. The number of hydrogen-bond acceptors (Lipinski definition) is 1. The number of fused-ring (bicyclic) bond motifs is 1. The molecule has 0 saturated carbocycles. The van der Waals surface area contributed by atoms with Gasteiger partial charge in [0.05, 0.1) is 0 Å². The van der Waals surface area contributed by atoms with Crippen LogP contribution in [-0.2, 0) is 0 Å². The summed E-state index contributed by atoms with van der Waals surface area (Å²) in [7, 11) is 0. The number of aryl methyl sites for hydroxylation is 1. The zero-order valence-electron chi connectivity index (χ0n) is 10.0. The van der Waals surface area contributed by atoms with Crippen LogP contribution in [0.25, 0.3) is 16.3 Å². The minimum atomic E-state index is -0.252. The van der Waals surface area contributed by atoms with Crippen molar-refractivity contribution in [3.63, 3.8) is 0 Å². The molecule has 0 fully saturated rings. The Balaban J connectivity index is 2.90. The van der Waals surface area contributed by atoms with Gasteiger partial charge in [-0.1, -0.05) is 19.6 Å². The summed E-state index contributed by atoms with van der Waals surface area (Å²) in [5.41, 5.74) is 2.22. The molecule has 0 aliphatic rings. The normalized spacial score (nSPS) is 10.8. The first-order valence-corrected chi connectivity index (χ1v) is 5.64. The minimum Gasteiger partial charge on any atom is -0.508 e. The van der Waals surface area contributed by atoms with Crippen LogP contribution in [0.1, 0.15) is 24.5 Å². The van der Waals surface area contributed by atoms with Crippen LogP contribution in [-0.4, -0.2) is 5.11 Å². The number of phenolic OH excluding ortho intramolecular Hbond substituents is 1. The minimum absolute atomic E-state index is 0.203. The molecule has 2 aromatic carbocycles. The Morgan fingerprint density at radius 2 is 2.06 bits per heavy atom. The van der Waals surface area contributed by atoms with E-state index >= 15 is 0 Å². The first kappa shape index (κ1) is 11.6. The quantitative estimate of drug-likeness (QED) is 0.809. The van der Waals surface area contributed by atoms with E-state index < -0.39 is 0 Å². The molecule has 0 unspecified atom stereocenters. The monoisotopic (exact) mass is 230 g/mol. The topological polar surface area (TPSA) is 20.2 Å². The summed E-state index contributed by atoms with van der Waals surface area (Å²) < 4.78 is 13.9. The van der Waals surface area contributed by atoms with Gasteiger partial charge in [-0.05, 0) is 53.5 Å². The molecule has 0 radical (unpaired) electrons. The van der Waals surface area contributed by atoms with Crippen molar-refractivity contribution in [1.29, 1.82) is 0 Å². The average Bonchev–Trinajstić information content (AvgIpc) is 2.28. The molecule has 0 aromatic heterocycles. The van der Waals surface area contributed by atoms with Crippen LogP contribution < -0.4 is 0 Å². The van der Waals surface area contributed by atoms with E-state index in [1.807, 2.05) is 13.8 Å². The Morgan fingerprint density at radius 3 is 2.71 bits per heavy atom. The zero-order chi connectivity index (χ0) is 12.6. The lowest BCUT2D eigenvalue weighted by Gasteiger charge is -2.12. The summed E-state index contributed by atoms with van der Waals surface area (Å²) in [6.45, 7) is 7.74. The number of allylic oxidation sites excluding steroid dienone is 1. The maximum absolute atomic E-state index is 13.9. The number of phenols is 1. The predicted octanol–water partition coefficient (Wildman–Crippen LogP) is 4.42. The van der Waals surface area contributed by atoms with E-state index in [1.165, 1.54) is 6.07 Å². The highest BCUT2D eigenvalue weighted by molar-refractivity contribution is 5.96. The third kappa shape index (κ3) is 1.91. The fourth-order valence-corrected chi connectivity index (χ4v) is 2.16. The van der Waals surface area contributed by atoms with E-state index in [4.69, 9.17) is 0 Å². The molecule has 0 aliphatic carbocycles. The Morgan fingerprint density at radius 1 is 1.35 bits per heavy atom. The largest absolute Gasteiger partial charge is 0.508 e. The third-order valence-corrected chi connectivity index (χ3v) is 3.03. The zero-order valence-corrected chi connectivity index (χ0v) is 10.0. The van der Waals surface area contributed by atoms with Gasteiger partial charge in [-0.3, -0.25) is 0 Å². The van der Waals surface area contributed by atoms with Crippen LogP contribution in [0.2, 0.25) is 0 Å². The van der Waals surface area contributed by atoms with Crippen molar-refractivity contribution >= 4 is 16.3 Å². The van der Waals surface area contributed by atoms with E-state index in [1.54, 1.807) is 18.2 Å². The van der Waals surface area contributed by atoms with Gasteiger partial charge in [-0.15, -0.1) is 0 Å². The van der Waals surface area contributed by atoms with Gasteiger partial charge in [0, 0.05) is 5.56 Å². The highest BCUT2D eigenvalue weighted by Crippen LogP contribution is 2.33. The van der Waals surface area contributed by atoms with Crippen LogP contribution in [0.5, 0.6) is 5.75 Å². The third-order valence-electron chi connectivity index (χ3n) is 3.03. The molecule has 1 nitrogen and oxygen atoms in total. The Bertz CT molecular complexity index is 599. The lowest BCUT2D eigenvalue weighted by atomic mass is 9.94. The van der Waals surface area contributed by atoms with Crippen LogP contribution >= 0.6 is 0 Å². The molecule has 2 rings (SSSR count). The van der Waals surface area contributed by atoms with E-state index in [2.05, 4.69) is 6.58 Å². The summed E-state index contributed by atoms with van der Waals surface area (Å²) >= 11 is 0. The summed E-state index contributed by atoms with van der Waals surface area (Å²) in [5, 5.41) is 11.2. The second kappa shape index (κ2) is 4.21. The number of halogens is 1. The predicted molar refractivity (Wildman–Crippen MR) is 69.6 cm³/mol. The number of hydrogen-bond donors (Lipinski definition) is 1. The second-order valence-electron chi connectivity index (χ2n) is 4.24. The maximum Gasteiger partial charge on any atom is 0.131 e. The van der Waals surface area contributed by atoms with Gasteiger partial charge in [0.1, 0.15) is 11.6 Å². The van der Waals surface area contributed by atoms with Crippen LogP contribution in [0.3, 0.4) is 0 Å². The standard InChI is InChI=1S/C15H15FO/c1-4-9(2)15-13(16)6-5-11-8-12(17)7-10(3)14(11)15/h5-8,17H,2,4H2,1,3H3. The van der Waals surface area contributed by atoms with Gasteiger partial charge in [-0.25, -0.2) is 4.39 Å². The van der Waals surface area contributed by atoms with Crippen molar-refractivity contribution in [3.8, 4) is 5.75 Å². The fraction of sp³-hybridized carbons (Fsp3) is 0.200. The molecule has 0 spiro atoms. The van der Waals surface area contributed by atoms with Gasteiger partial charge in [-0.2, -0.15) is 0 Å². The molecule has 0 bridgehead atoms. The average molecular weight is 230 g/mol. The fourth-order valence-electron chi connectivity index (χ4n) is 2.16. The van der Waals surface area contributed by atoms with Crippen LogP contribution in [0.4, 0.5) is 4.39 Å². The molecule has 0 atom stereocenters. The summed E-state index contributed by atoms with van der Waals surface area (Å²) in [5.74, 6) is -0.0483. The highest BCUT2D eigenvalue weighted by atomic mass is 19.1. The summed E-state index contributed by atoms with van der Waals surface area (Å²) in [4.78, 5) is 0. The molecular weight excluding hydrogens is 215 g/mol. The summed E-state index contributed by atoms with van der Waals surface area (Å²) in [6, 6.07) is 6.41. The molecule has 0 heterocycles. The number of aromatic hydroxyl groups is 1. The number of benzene rings is 2. The molecule has 88 valence electrons. The highest BCUT2D eigenvalue weighted by Gasteiger charge is 2.12. The van der Waals surface area contributed by atoms with Crippen LogP contribution in [0.15, 0.2) is 30.8 Å².